The molecule has 1 unspecified atom stereocenters. The average Bonchev–Trinajstić information content (AvgIpc) is 3.71. The fourth-order valence-electron chi connectivity index (χ4n) is 7.78. The molecule has 10 rings (SSSR count). The average molecular weight is 656 g/mol. The van der Waals surface area contributed by atoms with E-state index in [4.69, 9.17) is 15.0 Å². The minimum atomic E-state index is -0.500. The highest BCUT2D eigenvalue weighted by Gasteiger charge is 2.46. The Hall–Kier alpha value is -6.23. The number of rotatable bonds is 5. The molecule has 3 nitrogen and oxygen atoms in total. The summed E-state index contributed by atoms with van der Waals surface area (Å²) in [6.45, 7) is 0. The second-order valence-electron chi connectivity index (χ2n) is 12.8. The first-order valence-electron chi connectivity index (χ1n) is 16.9. The summed E-state index contributed by atoms with van der Waals surface area (Å²) in [4.78, 5) is 14.9. The van der Waals surface area contributed by atoms with E-state index in [1.807, 2.05) is 72.0 Å². The lowest BCUT2D eigenvalue weighted by Crippen LogP contribution is -2.28. The van der Waals surface area contributed by atoms with Gasteiger partial charge in [0.2, 0.25) is 0 Å². The van der Waals surface area contributed by atoms with Crippen molar-refractivity contribution in [3.05, 3.63) is 198 Å². The topological polar surface area (TPSA) is 38.7 Å². The molecular formula is C46H29N3S. The molecule has 0 saturated heterocycles. The van der Waals surface area contributed by atoms with Gasteiger partial charge in [0.1, 0.15) is 0 Å². The van der Waals surface area contributed by atoms with E-state index >= 15 is 0 Å². The lowest BCUT2D eigenvalue weighted by atomic mass is 9.67. The summed E-state index contributed by atoms with van der Waals surface area (Å²) in [5.41, 5.74) is 10.0. The van der Waals surface area contributed by atoms with Crippen molar-refractivity contribution in [2.24, 2.45) is 0 Å². The number of nitrogens with zero attached hydrogens (tertiary/aromatic N) is 3. The molecule has 1 atom stereocenters. The van der Waals surface area contributed by atoms with Crippen molar-refractivity contribution in [1.82, 2.24) is 15.0 Å². The van der Waals surface area contributed by atoms with Crippen LogP contribution >= 0.6 is 11.3 Å². The molecule has 0 N–H and O–H groups in total. The van der Waals surface area contributed by atoms with Gasteiger partial charge in [0.25, 0.3) is 0 Å². The Morgan fingerprint density at radius 2 is 0.880 bits per heavy atom. The summed E-state index contributed by atoms with van der Waals surface area (Å²) < 4.78 is 2.62. The molecule has 2 heterocycles. The number of aromatic nitrogens is 3. The molecule has 0 fully saturated rings. The van der Waals surface area contributed by atoms with Gasteiger partial charge in [0.05, 0.1) is 5.41 Å². The molecule has 9 aromatic rings. The molecule has 7 aromatic carbocycles. The predicted molar refractivity (Wildman–Crippen MR) is 206 cm³/mol. The molecule has 50 heavy (non-hydrogen) atoms. The summed E-state index contributed by atoms with van der Waals surface area (Å²) >= 11 is 1.87. The van der Waals surface area contributed by atoms with Crippen LogP contribution in [0.5, 0.6) is 0 Å². The quantitative estimate of drug-likeness (QED) is 0.185. The van der Waals surface area contributed by atoms with E-state index in [-0.39, 0.29) is 0 Å². The molecule has 0 amide bonds. The first-order valence-corrected chi connectivity index (χ1v) is 17.7. The van der Waals surface area contributed by atoms with E-state index in [0.717, 1.165) is 16.7 Å². The highest BCUT2D eigenvalue weighted by molar-refractivity contribution is 7.25. The van der Waals surface area contributed by atoms with Gasteiger partial charge >= 0.3 is 0 Å². The van der Waals surface area contributed by atoms with Gasteiger partial charge in [-0.15, -0.1) is 11.3 Å². The zero-order valence-corrected chi connectivity index (χ0v) is 27.8. The Kier molecular flexibility index (Phi) is 6.58. The molecule has 1 aliphatic carbocycles. The van der Waals surface area contributed by atoms with Crippen molar-refractivity contribution in [3.63, 3.8) is 0 Å². The molecule has 1 aliphatic rings. The third-order valence-corrected chi connectivity index (χ3v) is 11.2. The van der Waals surface area contributed by atoms with Gasteiger partial charge in [0.15, 0.2) is 17.5 Å². The van der Waals surface area contributed by atoms with Gasteiger partial charge in [-0.25, -0.2) is 15.0 Å². The van der Waals surface area contributed by atoms with Gasteiger partial charge in [-0.1, -0.05) is 158 Å². The standard InChI is InChI=1S/C46H29N3S/c1-4-14-30(15-5-1)43-47-44(31-16-6-2-7-17-31)49-45(48-43)32-24-26-34(27-25-32)46(33-18-8-3-9-19-33)39-22-12-10-20-35(39)37-28-38-36-21-11-13-23-41(36)50-42(38)29-40(37)46/h1-29H. The smallest absolute Gasteiger partial charge is 0.164 e. The van der Waals surface area contributed by atoms with Crippen LogP contribution in [0.1, 0.15) is 22.3 Å². The second kappa shape index (κ2) is 11.4. The number of benzene rings is 7. The van der Waals surface area contributed by atoms with E-state index in [2.05, 4.69) is 115 Å². The van der Waals surface area contributed by atoms with Crippen LogP contribution in [0.25, 0.3) is 65.5 Å². The normalized spacial score (nSPS) is 14.9. The van der Waals surface area contributed by atoms with Crippen molar-refractivity contribution in [2.45, 2.75) is 5.41 Å². The van der Waals surface area contributed by atoms with Gasteiger partial charge < -0.3 is 0 Å². The molecule has 2 aromatic heterocycles. The van der Waals surface area contributed by atoms with E-state index < -0.39 is 5.41 Å². The van der Waals surface area contributed by atoms with Gasteiger partial charge in [0, 0.05) is 36.9 Å². The van der Waals surface area contributed by atoms with Crippen LogP contribution < -0.4 is 0 Å². The molecule has 0 aliphatic heterocycles. The summed E-state index contributed by atoms with van der Waals surface area (Å²) in [6.07, 6.45) is 0. The minimum Gasteiger partial charge on any atom is -0.208 e. The molecule has 0 bridgehead atoms. The SMILES string of the molecule is c1ccc(-c2nc(-c3ccccc3)nc(-c3ccc(C4(c5ccccc5)c5ccccc5-c5cc6c(cc54)sc4ccccc46)cc3)n2)cc1. The van der Waals surface area contributed by atoms with Gasteiger partial charge in [-0.2, -0.15) is 0 Å². The lowest BCUT2D eigenvalue weighted by molar-refractivity contribution is 0.770. The maximum atomic E-state index is 5.01. The second-order valence-corrected chi connectivity index (χ2v) is 13.9. The van der Waals surface area contributed by atoms with Crippen LogP contribution in [0, 0.1) is 0 Å². The summed E-state index contributed by atoms with van der Waals surface area (Å²) in [5, 5.41) is 2.63. The zero-order valence-electron chi connectivity index (χ0n) is 27.0. The summed E-state index contributed by atoms with van der Waals surface area (Å²) in [7, 11) is 0. The number of hydrogen-bond donors (Lipinski definition) is 0. The number of fused-ring (bicyclic) bond motifs is 6. The number of thiophene rings is 1. The van der Waals surface area contributed by atoms with Gasteiger partial charge in [-0.05, 0) is 51.6 Å². The lowest BCUT2D eigenvalue weighted by Gasteiger charge is -2.34. The highest BCUT2D eigenvalue weighted by Crippen LogP contribution is 2.57. The molecule has 0 saturated carbocycles. The van der Waals surface area contributed by atoms with Crippen molar-refractivity contribution >= 4 is 31.5 Å². The van der Waals surface area contributed by atoms with Crippen molar-refractivity contribution in [2.75, 3.05) is 0 Å². The maximum absolute atomic E-state index is 5.01. The summed E-state index contributed by atoms with van der Waals surface area (Å²) in [6, 6.07) is 62.7. The van der Waals surface area contributed by atoms with Gasteiger partial charge in [-0.3, -0.25) is 0 Å². The molecule has 0 radical (unpaired) electrons. The Bertz CT molecular complexity index is 2630. The molecule has 234 valence electrons. The molecular weight excluding hydrogens is 627 g/mol. The Labute approximate surface area is 294 Å². The minimum absolute atomic E-state index is 0.500. The predicted octanol–water partition coefficient (Wildman–Crippen LogP) is 11.6. The van der Waals surface area contributed by atoms with Crippen molar-refractivity contribution < 1.29 is 0 Å². The third kappa shape index (κ3) is 4.39. The van der Waals surface area contributed by atoms with E-state index in [9.17, 15) is 0 Å². The van der Waals surface area contributed by atoms with Crippen molar-refractivity contribution in [3.8, 4) is 45.3 Å². The fraction of sp³-hybridized carbons (Fsp3) is 0.0217. The Morgan fingerprint density at radius 1 is 0.360 bits per heavy atom. The Morgan fingerprint density at radius 3 is 1.54 bits per heavy atom. The fourth-order valence-corrected chi connectivity index (χ4v) is 8.91. The van der Waals surface area contributed by atoms with Crippen LogP contribution in [0.4, 0.5) is 0 Å². The van der Waals surface area contributed by atoms with Crippen LogP contribution in [-0.2, 0) is 5.41 Å². The number of hydrogen-bond acceptors (Lipinski definition) is 4. The van der Waals surface area contributed by atoms with Crippen LogP contribution in [-0.4, -0.2) is 15.0 Å². The van der Waals surface area contributed by atoms with E-state index in [1.165, 1.54) is 53.6 Å². The van der Waals surface area contributed by atoms with Crippen LogP contribution in [0.3, 0.4) is 0 Å². The molecule has 0 spiro atoms. The summed E-state index contributed by atoms with van der Waals surface area (Å²) in [5.74, 6) is 1.97. The first-order chi connectivity index (χ1) is 24.8. The van der Waals surface area contributed by atoms with E-state index in [0.29, 0.717) is 17.5 Å². The third-order valence-electron chi connectivity index (χ3n) is 10.0. The highest BCUT2D eigenvalue weighted by atomic mass is 32.1. The zero-order chi connectivity index (χ0) is 33.1. The van der Waals surface area contributed by atoms with E-state index in [1.54, 1.807) is 0 Å². The maximum Gasteiger partial charge on any atom is 0.164 e. The van der Waals surface area contributed by atoms with Crippen LogP contribution in [0.15, 0.2) is 176 Å². The van der Waals surface area contributed by atoms with Crippen molar-refractivity contribution in [1.29, 1.82) is 0 Å². The van der Waals surface area contributed by atoms with Crippen LogP contribution in [0.2, 0.25) is 0 Å². The largest absolute Gasteiger partial charge is 0.208 e. The Balaban J connectivity index is 1.19. The monoisotopic (exact) mass is 655 g/mol. The first kappa shape index (κ1) is 28.8. The molecule has 4 heteroatoms.